The molecule has 0 fully saturated rings. The van der Waals surface area contributed by atoms with Gasteiger partial charge in [-0.3, -0.25) is 0 Å². The quantitative estimate of drug-likeness (QED) is 0.663. The van der Waals surface area contributed by atoms with Gasteiger partial charge in [0, 0.05) is 10.0 Å². The van der Waals surface area contributed by atoms with Crippen LogP contribution in [0.25, 0.3) is 0 Å². The first-order valence-corrected chi connectivity index (χ1v) is 7.46. The fourth-order valence-electron chi connectivity index (χ4n) is 2.03. The summed E-state index contributed by atoms with van der Waals surface area (Å²) in [7, 11) is 1.63. The van der Waals surface area contributed by atoms with Gasteiger partial charge in [0.25, 0.3) is 0 Å². The van der Waals surface area contributed by atoms with E-state index in [0.29, 0.717) is 6.42 Å². The predicted octanol–water partition coefficient (Wildman–Crippen LogP) is 5.43. The number of halogens is 3. The SMILES string of the molecule is COc1cc(C)c(Br)cc1C(Cl)Cc1ccc(F)cc1. The monoisotopic (exact) mass is 356 g/mol. The van der Waals surface area contributed by atoms with Crippen LogP contribution in [-0.2, 0) is 6.42 Å². The van der Waals surface area contributed by atoms with Crippen molar-refractivity contribution in [3.63, 3.8) is 0 Å². The van der Waals surface area contributed by atoms with Gasteiger partial charge in [-0.2, -0.15) is 0 Å². The smallest absolute Gasteiger partial charge is 0.123 e. The lowest BCUT2D eigenvalue weighted by atomic mass is 10.0. The molecule has 0 radical (unpaired) electrons. The molecular formula is C16H15BrClFO. The molecule has 0 aliphatic rings. The van der Waals surface area contributed by atoms with Crippen molar-refractivity contribution in [2.24, 2.45) is 0 Å². The zero-order valence-corrected chi connectivity index (χ0v) is 13.6. The molecule has 0 aliphatic carbocycles. The third-order valence-corrected chi connectivity index (χ3v) is 4.42. The molecule has 0 amide bonds. The topological polar surface area (TPSA) is 9.23 Å². The lowest BCUT2D eigenvalue weighted by Crippen LogP contribution is -2.00. The van der Waals surface area contributed by atoms with Gasteiger partial charge in [-0.15, -0.1) is 11.6 Å². The van der Waals surface area contributed by atoms with Gasteiger partial charge in [0.15, 0.2) is 0 Å². The Hall–Kier alpha value is -1.06. The second-order valence-electron chi connectivity index (χ2n) is 4.64. The number of benzene rings is 2. The number of aryl methyl sites for hydroxylation is 1. The second kappa shape index (κ2) is 6.59. The van der Waals surface area contributed by atoms with Gasteiger partial charge >= 0.3 is 0 Å². The van der Waals surface area contributed by atoms with E-state index in [9.17, 15) is 4.39 Å². The van der Waals surface area contributed by atoms with Crippen LogP contribution in [0.2, 0.25) is 0 Å². The third kappa shape index (κ3) is 3.53. The Morgan fingerprint density at radius 2 is 1.90 bits per heavy atom. The molecule has 1 atom stereocenters. The Labute approximate surface area is 131 Å². The van der Waals surface area contributed by atoms with Crippen molar-refractivity contribution in [2.45, 2.75) is 18.7 Å². The molecule has 2 aromatic carbocycles. The van der Waals surface area contributed by atoms with Crippen LogP contribution in [0.5, 0.6) is 5.75 Å². The van der Waals surface area contributed by atoms with Crippen LogP contribution in [0.3, 0.4) is 0 Å². The highest BCUT2D eigenvalue weighted by Gasteiger charge is 2.16. The van der Waals surface area contributed by atoms with E-state index in [1.165, 1.54) is 12.1 Å². The van der Waals surface area contributed by atoms with Crippen molar-refractivity contribution in [3.8, 4) is 5.75 Å². The molecule has 2 aromatic rings. The lowest BCUT2D eigenvalue weighted by molar-refractivity contribution is 0.408. The largest absolute Gasteiger partial charge is 0.496 e. The molecule has 0 saturated heterocycles. The van der Waals surface area contributed by atoms with Gasteiger partial charge < -0.3 is 4.74 Å². The van der Waals surface area contributed by atoms with Gasteiger partial charge in [-0.1, -0.05) is 28.1 Å². The van der Waals surface area contributed by atoms with Crippen LogP contribution < -0.4 is 4.74 Å². The molecule has 0 N–H and O–H groups in total. The normalized spacial score (nSPS) is 12.2. The molecule has 0 saturated carbocycles. The standard InChI is InChI=1S/C16H15BrClFO/c1-10-7-16(20-2)13(9-14(10)17)15(18)8-11-3-5-12(19)6-4-11/h3-7,9,15H,8H2,1-2H3. The van der Waals surface area contributed by atoms with Gasteiger partial charge in [0.05, 0.1) is 12.5 Å². The molecule has 0 aromatic heterocycles. The molecule has 2 rings (SSSR count). The second-order valence-corrected chi connectivity index (χ2v) is 6.02. The Balaban J connectivity index is 2.26. The Morgan fingerprint density at radius 3 is 2.50 bits per heavy atom. The minimum atomic E-state index is -0.240. The van der Waals surface area contributed by atoms with E-state index in [1.54, 1.807) is 19.2 Å². The van der Waals surface area contributed by atoms with Crippen molar-refractivity contribution < 1.29 is 9.13 Å². The fraction of sp³-hybridized carbons (Fsp3) is 0.250. The summed E-state index contributed by atoms with van der Waals surface area (Å²) in [5.74, 6) is 0.531. The van der Waals surface area contributed by atoms with Crippen molar-refractivity contribution in [1.29, 1.82) is 0 Å². The minimum absolute atomic E-state index is 0.229. The van der Waals surface area contributed by atoms with Crippen LogP contribution in [0.15, 0.2) is 40.9 Å². The maximum atomic E-state index is 12.9. The maximum absolute atomic E-state index is 12.9. The van der Waals surface area contributed by atoms with Crippen molar-refractivity contribution in [2.75, 3.05) is 7.11 Å². The zero-order valence-electron chi connectivity index (χ0n) is 11.3. The number of rotatable bonds is 4. The number of methoxy groups -OCH3 is 1. The maximum Gasteiger partial charge on any atom is 0.123 e. The summed E-state index contributed by atoms with van der Waals surface area (Å²) < 4.78 is 19.3. The van der Waals surface area contributed by atoms with Crippen LogP contribution >= 0.6 is 27.5 Å². The lowest BCUT2D eigenvalue weighted by Gasteiger charge is -2.16. The number of ether oxygens (including phenoxy) is 1. The average Bonchev–Trinajstić information content (AvgIpc) is 2.43. The van der Waals surface area contributed by atoms with E-state index >= 15 is 0 Å². The van der Waals surface area contributed by atoms with E-state index in [1.807, 2.05) is 19.1 Å². The molecule has 1 nitrogen and oxygen atoms in total. The van der Waals surface area contributed by atoms with E-state index in [0.717, 1.165) is 26.9 Å². The van der Waals surface area contributed by atoms with Crippen LogP contribution in [-0.4, -0.2) is 7.11 Å². The average molecular weight is 358 g/mol. The summed E-state index contributed by atoms with van der Waals surface area (Å²) in [4.78, 5) is 0. The summed E-state index contributed by atoms with van der Waals surface area (Å²) >= 11 is 10.0. The van der Waals surface area contributed by atoms with Gasteiger partial charge in [0.1, 0.15) is 11.6 Å². The first-order valence-electron chi connectivity index (χ1n) is 6.24. The van der Waals surface area contributed by atoms with Crippen LogP contribution in [0.1, 0.15) is 22.1 Å². The van der Waals surface area contributed by atoms with E-state index < -0.39 is 0 Å². The zero-order chi connectivity index (χ0) is 14.7. The number of alkyl halides is 1. The van der Waals surface area contributed by atoms with Crippen LogP contribution in [0, 0.1) is 12.7 Å². The van der Waals surface area contributed by atoms with Crippen molar-refractivity contribution in [1.82, 2.24) is 0 Å². The van der Waals surface area contributed by atoms with Gasteiger partial charge in [0.2, 0.25) is 0 Å². The van der Waals surface area contributed by atoms with E-state index in [2.05, 4.69) is 15.9 Å². The molecular weight excluding hydrogens is 343 g/mol. The summed E-state index contributed by atoms with van der Waals surface area (Å²) in [5.41, 5.74) is 3.01. The molecule has 20 heavy (non-hydrogen) atoms. The highest BCUT2D eigenvalue weighted by molar-refractivity contribution is 9.10. The molecule has 0 heterocycles. The van der Waals surface area contributed by atoms with Gasteiger partial charge in [-0.05, 0) is 48.7 Å². The molecule has 0 spiro atoms. The Kier molecular flexibility index (Phi) is 5.06. The summed E-state index contributed by atoms with van der Waals surface area (Å²) in [5, 5.41) is -0.229. The van der Waals surface area contributed by atoms with Crippen molar-refractivity contribution >= 4 is 27.5 Å². The van der Waals surface area contributed by atoms with Crippen molar-refractivity contribution in [3.05, 3.63) is 63.4 Å². The highest BCUT2D eigenvalue weighted by Crippen LogP contribution is 2.36. The van der Waals surface area contributed by atoms with E-state index in [-0.39, 0.29) is 11.2 Å². The first kappa shape index (κ1) is 15.3. The van der Waals surface area contributed by atoms with E-state index in [4.69, 9.17) is 16.3 Å². The molecule has 1 unspecified atom stereocenters. The molecule has 4 heteroatoms. The molecule has 106 valence electrons. The fourth-order valence-corrected chi connectivity index (χ4v) is 2.74. The van der Waals surface area contributed by atoms with Crippen LogP contribution in [0.4, 0.5) is 4.39 Å². The summed E-state index contributed by atoms with van der Waals surface area (Å²) in [6.07, 6.45) is 0.619. The third-order valence-electron chi connectivity index (χ3n) is 3.18. The molecule has 0 bridgehead atoms. The summed E-state index contributed by atoms with van der Waals surface area (Å²) in [6, 6.07) is 10.3. The number of hydrogen-bond donors (Lipinski definition) is 0. The molecule has 0 aliphatic heterocycles. The minimum Gasteiger partial charge on any atom is -0.496 e. The summed E-state index contributed by atoms with van der Waals surface area (Å²) in [6.45, 7) is 2.00. The number of hydrogen-bond acceptors (Lipinski definition) is 1. The Morgan fingerprint density at radius 1 is 1.25 bits per heavy atom. The highest BCUT2D eigenvalue weighted by atomic mass is 79.9. The Bertz CT molecular complexity index is 598. The predicted molar refractivity (Wildman–Crippen MR) is 84.1 cm³/mol. The first-order chi connectivity index (χ1) is 9.51. The van der Waals surface area contributed by atoms with Gasteiger partial charge in [-0.25, -0.2) is 4.39 Å².